The van der Waals surface area contributed by atoms with E-state index in [1.54, 1.807) is 42.3 Å². The van der Waals surface area contributed by atoms with Crippen molar-refractivity contribution in [1.29, 1.82) is 0 Å². The second kappa shape index (κ2) is 12.3. The van der Waals surface area contributed by atoms with Crippen molar-refractivity contribution in [1.82, 2.24) is 25.1 Å². The van der Waals surface area contributed by atoms with Gasteiger partial charge < -0.3 is 25.2 Å². The maximum Gasteiger partial charge on any atom is 0.223 e. The maximum atomic E-state index is 14.3. The average Bonchev–Trinajstić information content (AvgIpc) is 3.39. The van der Waals surface area contributed by atoms with Crippen LogP contribution in [0.15, 0.2) is 48.8 Å². The molecular weight excluding hydrogens is 517 g/mol. The third-order valence-corrected chi connectivity index (χ3v) is 6.82. The lowest BCUT2D eigenvalue weighted by molar-refractivity contribution is -0.117. The first-order valence-corrected chi connectivity index (χ1v) is 13.2. The molecule has 12 heteroatoms. The maximum absolute atomic E-state index is 14.3. The molecule has 1 aliphatic heterocycles. The molecular formula is C28H32FN7O4. The number of methoxy groups -OCH3 is 1. The average molecular weight is 550 g/mol. The number of anilines is 3. The predicted molar refractivity (Wildman–Crippen MR) is 148 cm³/mol. The number of carbonyl (C=O) groups excluding carboxylic acids is 1. The van der Waals surface area contributed by atoms with Gasteiger partial charge in [0.25, 0.3) is 0 Å². The SMILES string of the molecule is COc1cc2c(N(c3cccc(F)c3)c3cc(CC(N)=O)[nH]n3)ncnc2cc1OCCCN1CCC(O)CC1. The summed E-state index contributed by atoms with van der Waals surface area (Å²) < 4.78 is 26.0. The first-order valence-electron chi connectivity index (χ1n) is 13.2. The number of halogens is 1. The summed E-state index contributed by atoms with van der Waals surface area (Å²) in [5.41, 5.74) is 6.93. The quantitative estimate of drug-likeness (QED) is 0.240. The van der Waals surface area contributed by atoms with Crippen LogP contribution in [0.3, 0.4) is 0 Å². The molecule has 11 nitrogen and oxygen atoms in total. The van der Waals surface area contributed by atoms with E-state index in [0.29, 0.717) is 52.0 Å². The van der Waals surface area contributed by atoms with Crippen molar-refractivity contribution in [2.45, 2.75) is 31.8 Å². The van der Waals surface area contributed by atoms with Crippen LogP contribution in [0.1, 0.15) is 25.0 Å². The van der Waals surface area contributed by atoms with Crippen LogP contribution in [0.25, 0.3) is 10.9 Å². The molecule has 2 aromatic heterocycles. The number of aliphatic hydroxyl groups is 1. The summed E-state index contributed by atoms with van der Waals surface area (Å²) in [6, 6.07) is 11.3. The number of likely N-dealkylation sites (tertiary alicyclic amines) is 1. The van der Waals surface area contributed by atoms with E-state index in [-0.39, 0.29) is 12.5 Å². The van der Waals surface area contributed by atoms with Crippen LogP contribution in [0.2, 0.25) is 0 Å². The highest BCUT2D eigenvalue weighted by molar-refractivity contribution is 5.96. The number of nitrogens with zero attached hydrogens (tertiary/aromatic N) is 5. The number of hydrogen-bond donors (Lipinski definition) is 3. The summed E-state index contributed by atoms with van der Waals surface area (Å²) in [7, 11) is 1.56. The number of piperidine rings is 1. The van der Waals surface area contributed by atoms with Crippen molar-refractivity contribution in [2.75, 3.05) is 38.3 Å². The van der Waals surface area contributed by atoms with E-state index >= 15 is 0 Å². The number of aliphatic hydroxyl groups excluding tert-OH is 1. The van der Waals surface area contributed by atoms with E-state index in [2.05, 4.69) is 25.1 Å². The number of primary amides is 1. The Labute approximate surface area is 230 Å². The first-order chi connectivity index (χ1) is 19.4. The van der Waals surface area contributed by atoms with Crippen molar-refractivity contribution >= 4 is 34.1 Å². The van der Waals surface area contributed by atoms with Crippen LogP contribution in [-0.4, -0.2) is 75.5 Å². The number of hydrogen-bond acceptors (Lipinski definition) is 9. The molecule has 1 saturated heterocycles. The molecule has 0 spiro atoms. The minimum atomic E-state index is -0.507. The van der Waals surface area contributed by atoms with E-state index in [9.17, 15) is 14.3 Å². The van der Waals surface area contributed by atoms with Crippen LogP contribution < -0.4 is 20.1 Å². The molecule has 0 unspecified atom stereocenters. The van der Waals surface area contributed by atoms with Crippen LogP contribution >= 0.6 is 0 Å². The molecule has 0 saturated carbocycles. The van der Waals surface area contributed by atoms with Gasteiger partial charge in [0.05, 0.1) is 37.4 Å². The Morgan fingerprint density at radius 3 is 2.77 bits per heavy atom. The minimum Gasteiger partial charge on any atom is -0.493 e. The Bertz CT molecular complexity index is 1470. The molecule has 210 valence electrons. The summed E-state index contributed by atoms with van der Waals surface area (Å²) in [5.74, 6) is 0.945. The first kappa shape index (κ1) is 27.3. The number of benzene rings is 2. The fourth-order valence-electron chi connectivity index (χ4n) is 4.83. The van der Waals surface area contributed by atoms with Gasteiger partial charge in [0.2, 0.25) is 5.91 Å². The van der Waals surface area contributed by atoms with E-state index in [4.69, 9.17) is 15.2 Å². The monoisotopic (exact) mass is 549 g/mol. The van der Waals surface area contributed by atoms with Gasteiger partial charge >= 0.3 is 0 Å². The number of H-pyrrole nitrogens is 1. The molecule has 40 heavy (non-hydrogen) atoms. The Hall–Kier alpha value is -4.29. The number of aromatic nitrogens is 4. The molecule has 1 fully saturated rings. The van der Waals surface area contributed by atoms with Gasteiger partial charge in [-0.05, 0) is 43.5 Å². The zero-order valence-corrected chi connectivity index (χ0v) is 22.2. The lowest BCUT2D eigenvalue weighted by atomic mass is 10.1. The van der Waals surface area contributed by atoms with Crippen molar-refractivity contribution in [3.63, 3.8) is 0 Å². The van der Waals surface area contributed by atoms with Gasteiger partial charge in [0.15, 0.2) is 17.3 Å². The second-order valence-electron chi connectivity index (χ2n) is 9.70. The number of fused-ring (bicyclic) bond motifs is 1. The fraction of sp³-hybridized carbons (Fsp3) is 0.357. The van der Waals surface area contributed by atoms with Crippen molar-refractivity contribution in [2.24, 2.45) is 5.73 Å². The van der Waals surface area contributed by atoms with Gasteiger partial charge in [-0.25, -0.2) is 14.4 Å². The number of ether oxygens (including phenoxy) is 2. The Morgan fingerprint density at radius 1 is 1.20 bits per heavy atom. The Balaban J connectivity index is 1.44. The molecule has 0 aliphatic carbocycles. The summed E-state index contributed by atoms with van der Waals surface area (Å²) in [6.45, 7) is 3.16. The number of nitrogens with one attached hydrogen (secondary N) is 1. The third-order valence-electron chi connectivity index (χ3n) is 6.82. The highest BCUT2D eigenvalue weighted by Crippen LogP contribution is 2.40. The van der Waals surface area contributed by atoms with Gasteiger partial charge in [0.1, 0.15) is 18.0 Å². The largest absolute Gasteiger partial charge is 0.493 e. The number of nitrogens with two attached hydrogens (primary N) is 1. The number of carbonyl (C=O) groups is 1. The summed E-state index contributed by atoms with van der Waals surface area (Å²) in [5, 5.41) is 17.5. The van der Waals surface area contributed by atoms with Gasteiger partial charge in [-0.3, -0.25) is 14.8 Å². The third kappa shape index (κ3) is 6.29. The number of rotatable bonds is 11. The molecule has 0 bridgehead atoms. The van der Waals surface area contributed by atoms with E-state index in [1.807, 2.05) is 0 Å². The van der Waals surface area contributed by atoms with Crippen LogP contribution in [0.5, 0.6) is 11.5 Å². The van der Waals surface area contributed by atoms with E-state index in [0.717, 1.165) is 38.9 Å². The van der Waals surface area contributed by atoms with E-state index < -0.39 is 11.7 Å². The van der Waals surface area contributed by atoms with Gasteiger partial charge in [-0.2, -0.15) is 5.10 Å². The molecule has 5 rings (SSSR count). The molecule has 2 aromatic carbocycles. The molecule has 3 heterocycles. The van der Waals surface area contributed by atoms with Crippen LogP contribution in [0, 0.1) is 5.82 Å². The molecule has 1 amide bonds. The summed E-state index contributed by atoms with van der Waals surface area (Å²) >= 11 is 0. The van der Waals surface area contributed by atoms with Gasteiger partial charge in [-0.1, -0.05) is 6.07 Å². The van der Waals surface area contributed by atoms with Gasteiger partial charge in [-0.15, -0.1) is 0 Å². The second-order valence-corrected chi connectivity index (χ2v) is 9.70. The zero-order valence-electron chi connectivity index (χ0n) is 22.2. The molecule has 1 aliphatic rings. The Morgan fingerprint density at radius 2 is 2.02 bits per heavy atom. The zero-order chi connectivity index (χ0) is 28.1. The summed E-state index contributed by atoms with van der Waals surface area (Å²) in [4.78, 5) is 24.4. The summed E-state index contributed by atoms with van der Waals surface area (Å²) in [6.07, 6.45) is 3.64. The van der Waals surface area contributed by atoms with Gasteiger partial charge in [0, 0.05) is 42.8 Å². The van der Waals surface area contributed by atoms with Crippen molar-refractivity contribution < 1.29 is 23.8 Å². The van der Waals surface area contributed by atoms with Crippen molar-refractivity contribution in [3.05, 3.63) is 60.3 Å². The topological polar surface area (TPSA) is 143 Å². The lowest BCUT2D eigenvalue weighted by Crippen LogP contribution is -2.36. The molecule has 4 aromatic rings. The highest BCUT2D eigenvalue weighted by atomic mass is 19.1. The standard InChI is InChI=1S/C28H32FN7O4/c1-39-24-15-22-23(16-25(24)40-11-3-8-35-9-6-21(37)7-10-35)31-17-32-28(22)36(20-5-2-4-18(29)12-20)27-14-19(33-34-27)13-26(30)38/h2,4-5,12,14-17,21,37H,3,6-11,13H2,1H3,(H2,30,38)(H,33,34). The van der Waals surface area contributed by atoms with Crippen molar-refractivity contribution in [3.8, 4) is 11.5 Å². The minimum absolute atomic E-state index is 0.0251. The predicted octanol–water partition coefficient (Wildman–Crippen LogP) is 3.22. The molecule has 0 atom stereocenters. The van der Waals surface area contributed by atoms with Crippen LogP contribution in [0.4, 0.5) is 21.7 Å². The fourth-order valence-corrected chi connectivity index (χ4v) is 4.83. The normalized spacial score (nSPS) is 14.4. The molecule has 0 radical (unpaired) electrons. The number of amides is 1. The Kier molecular flexibility index (Phi) is 8.37. The number of aromatic amines is 1. The lowest BCUT2D eigenvalue weighted by Gasteiger charge is -2.29. The van der Waals surface area contributed by atoms with Crippen LogP contribution in [-0.2, 0) is 11.2 Å². The van der Waals surface area contributed by atoms with E-state index in [1.165, 1.54) is 18.5 Å². The highest BCUT2D eigenvalue weighted by Gasteiger charge is 2.22. The smallest absolute Gasteiger partial charge is 0.223 e. The molecule has 4 N–H and O–H groups in total.